The van der Waals surface area contributed by atoms with E-state index in [1.54, 1.807) is 13.1 Å². The van der Waals surface area contributed by atoms with E-state index in [2.05, 4.69) is 4.72 Å². The molecule has 0 unspecified atom stereocenters. The van der Waals surface area contributed by atoms with E-state index in [0.29, 0.717) is 11.6 Å². The molecule has 0 radical (unpaired) electrons. The fourth-order valence-corrected chi connectivity index (χ4v) is 3.95. The van der Waals surface area contributed by atoms with Crippen LogP contribution < -0.4 is 9.46 Å². The number of ether oxygens (including phenoxy) is 2. The van der Waals surface area contributed by atoms with Gasteiger partial charge < -0.3 is 14.4 Å². The molecular formula is C19H23ClN2O5S. The van der Waals surface area contributed by atoms with Crippen molar-refractivity contribution in [2.45, 2.75) is 11.4 Å². The summed E-state index contributed by atoms with van der Waals surface area (Å²) >= 11 is 6.15. The van der Waals surface area contributed by atoms with Crippen molar-refractivity contribution in [2.24, 2.45) is 0 Å². The molecule has 0 aliphatic rings. The number of benzene rings is 2. The Morgan fingerprint density at radius 3 is 2.54 bits per heavy atom. The third kappa shape index (κ3) is 5.45. The van der Waals surface area contributed by atoms with Crippen LogP contribution in [0.4, 0.5) is 0 Å². The first-order valence-corrected chi connectivity index (χ1v) is 10.3. The number of carbonyl (C=O) groups is 1. The fourth-order valence-electron chi connectivity index (χ4n) is 2.55. The first-order valence-electron chi connectivity index (χ1n) is 8.45. The van der Waals surface area contributed by atoms with Gasteiger partial charge in [0.1, 0.15) is 10.6 Å². The number of hydrogen-bond acceptors (Lipinski definition) is 5. The predicted molar refractivity (Wildman–Crippen MR) is 107 cm³/mol. The molecule has 1 N–H and O–H groups in total. The van der Waals surface area contributed by atoms with Crippen LogP contribution >= 0.6 is 11.6 Å². The summed E-state index contributed by atoms with van der Waals surface area (Å²) in [5, 5.41) is 0.558. The van der Waals surface area contributed by atoms with E-state index in [1.165, 1.54) is 37.3 Å². The average molecular weight is 427 g/mol. The minimum Gasteiger partial charge on any atom is -0.495 e. The maximum Gasteiger partial charge on any atom is 0.253 e. The molecule has 9 heteroatoms. The van der Waals surface area contributed by atoms with E-state index >= 15 is 0 Å². The average Bonchev–Trinajstić information content (AvgIpc) is 2.68. The van der Waals surface area contributed by atoms with Gasteiger partial charge in [0.15, 0.2) is 0 Å². The van der Waals surface area contributed by atoms with Crippen LogP contribution in [0.15, 0.2) is 47.4 Å². The Labute approximate surface area is 170 Å². The van der Waals surface area contributed by atoms with Gasteiger partial charge in [0.05, 0.1) is 13.7 Å². The lowest BCUT2D eigenvalue weighted by Gasteiger charge is -2.19. The second-order valence-corrected chi connectivity index (χ2v) is 8.15. The highest BCUT2D eigenvalue weighted by Gasteiger charge is 2.22. The second-order valence-electron chi connectivity index (χ2n) is 6.01. The zero-order valence-corrected chi connectivity index (χ0v) is 17.5. The number of halogens is 1. The van der Waals surface area contributed by atoms with Gasteiger partial charge in [-0.15, -0.1) is 0 Å². The van der Waals surface area contributed by atoms with Crippen molar-refractivity contribution in [1.82, 2.24) is 9.62 Å². The number of methoxy groups -OCH3 is 2. The molecule has 0 bridgehead atoms. The van der Waals surface area contributed by atoms with Crippen LogP contribution in [-0.2, 0) is 21.3 Å². The van der Waals surface area contributed by atoms with Crippen LogP contribution in [-0.4, -0.2) is 53.6 Å². The number of amides is 1. The van der Waals surface area contributed by atoms with Crippen molar-refractivity contribution in [1.29, 1.82) is 0 Å². The highest BCUT2D eigenvalue weighted by molar-refractivity contribution is 7.89. The van der Waals surface area contributed by atoms with Gasteiger partial charge in [-0.25, -0.2) is 13.1 Å². The number of carbonyl (C=O) groups excluding carboxylic acids is 1. The number of nitrogens with one attached hydrogen (secondary N) is 1. The van der Waals surface area contributed by atoms with Crippen LogP contribution in [0.2, 0.25) is 5.02 Å². The molecule has 1 amide bonds. The lowest BCUT2D eigenvalue weighted by Crippen LogP contribution is -2.29. The maximum atomic E-state index is 12.8. The van der Waals surface area contributed by atoms with Gasteiger partial charge in [-0.1, -0.05) is 29.8 Å². The Morgan fingerprint density at radius 1 is 1.18 bits per heavy atom. The van der Waals surface area contributed by atoms with E-state index in [-0.39, 0.29) is 35.3 Å². The minimum absolute atomic E-state index is 0.104. The molecule has 2 aromatic carbocycles. The molecule has 0 aliphatic heterocycles. The van der Waals surface area contributed by atoms with Gasteiger partial charge in [0, 0.05) is 37.8 Å². The van der Waals surface area contributed by atoms with Gasteiger partial charge in [-0.3, -0.25) is 4.79 Å². The second kappa shape index (κ2) is 9.88. The molecule has 2 aromatic rings. The molecule has 7 nitrogen and oxygen atoms in total. The predicted octanol–water partition coefficient (Wildman–Crippen LogP) is 2.55. The first-order chi connectivity index (χ1) is 13.3. The summed E-state index contributed by atoms with van der Waals surface area (Å²) in [4.78, 5) is 14.2. The highest BCUT2D eigenvalue weighted by atomic mass is 35.5. The molecule has 0 aromatic heterocycles. The largest absolute Gasteiger partial charge is 0.495 e. The Kier molecular flexibility index (Phi) is 7.82. The monoisotopic (exact) mass is 426 g/mol. The van der Waals surface area contributed by atoms with Crippen LogP contribution in [0.5, 0.6) is 5.75 Å². The normalized spacial score (nSPS) is 11.3. The Hall–Kier alpha value is -2.13. The van der Waals surface area contributed by atoms with Gasteiger partial charge in [-0.2, -0.15) is 0 Å². The van der Waals surface area contributed by atoms with E-state index < -0.39 is 10.0 Å². The zero-order chi connectivity index (χ0) is 20.7. The molecule has 152 valence electrons. The number of nitrogens with zero attached hydrogens (tertiary/aromatic N) is 1. The van der Waals surface area contributed by atoms with Gasteiger partial charge >= 0.3 is 0 Å². The third-order valence-electron chi connectivity index (χ3n) is 4.01. The molecule has 0 atom stereocenters. The SMILES string of the molecule is COCCNS(=O)(=O)c1cc(C(=O)N(C)Cc2ccccc2Cl)ccc1OC. The Balaban J connectivity index is 2.28. The summed E-state index contributed by atoms with van der Waals surface area (Å²) in [6.45, 7) is 0.617. The molecule has 0 spiro atoms. The van der Waals surface area contributed by atoms with Crippen molar-refractivity contribution < 1.29 is 22.7 Å². The molecule has 0 saturated heterocycles. The quantitative estimate of drug-likeness (QED) is 0.623. The van der Waals surface area contributed by atoms with Crippen LogP contribution in [0.25, 0.3) is 0 Å². The number of sulfonamides is 1. The molecule has 0 saturated carbocycles. The fraction of sp³-hybridized carbons (Fsp3) is 0.316. The summed E-state index contributed by atoms with van der Waals surface area (Å²) < 4.78 is 37.6. The molecule has 2 rings (SSSR count). The van der Waals surface area contributed by atoms with E-state index in [9.17, 15) is 13.2 Å². The standard InChI is InChI=1S/C19H23ClN2O5S/c1-22(13-15-6-4-5-7-16(15)20)19(23)14-8-9-17(27-3)18(12-14)28(24,25)21-10-11-26-2/h4-9,12,21H,10-11,13H2,1-3H3. The summed E-state index contributed by atoms with van der Waals surface area (Å²) in [7, 11) is 0.601. The van der Waals surface area contributed by atoms with Gasteiger partial charge in [0.25, 0.3) is 5.91 Å². The van der Waals surface area contributed by atoms with Gasteiger partial charge in [0.2, 0.25) is 10.0 Å². The Bertz CT molecular complexity index is 934. The van der Waals surface area contributed by atoms with Crippen molar-refractivity contribution >= 4 is 27.5 Å². The number of rotatable bonds is 9. The smallest absolute Gasteiger partial charge is 0.253 e. The van der Waals surface area contributed by atoms with E-state index in [1.807, 2.05) is 18.2 Å². The lowest BCUT2D eigenvalue weighted by atomic mass is 10.1. The third-order valence-corrected chi connectivity index (χ3v) is 5.86. The van der Waals surface area contributed by atoms with Crippen molar-refractivity contribution in [3.63, 3.8) is 0 Å². The summed E-state index contributed by atoms with van der Waals surface area (Å²) in [6.07, 6.45) is 0. The first kappa shape index (κ1) is 22.2. The molecule has 0 aliphatic carbocycles. The van der Waals surface area contributed by atoms with E-state index in [4.69, 9.17) is 21.1 Å². The minimum atomic E-state index is -3.87. The number of hydrogen-bond donors (Lipinski definition) is 1. The van der Waals surface area contributed by atoms with Crippen molar-refractivity contribution in [3.05, 3.63) is 58.6 Å². The zero-order valence-electron chi connectivity index (χ0n) is 15.9. The molecule has 0 heterocycles. The topological polar surface area (TPSA) is 84.9 Å². The van der Waals surface area contributed by atoms with Crippen molar-refractivity contribution in [2.75, 3.05) is 34.4 Å². The molecular weight excluding hydrogens is 404 g/mol. The lowest BCUT2D eigenvalue weighted by molar-refractivity contribution is 0.0785. The van der Waals surface area contributed by atoms with Crippen LogP contribution in [0, 0.1) is 0 Å². The van der Waals surface area contributed by atoms with Crippen LogP contribution in [0.1, 0.15) is 15.9 Å². The van der Waals surface area contributed by atoms with Gasteiger partial charge in [-0.05, 0) is 29.8 Å². The molecule has 28 heavy (non-hydrogen) atoms. The van der Waals surface area contributed by atoms with E-state index in [0.717, 1.165) is 5.56 Å². The summed E-state index contributed by atoms with van der Waals surface area (Å²) in [5.41, 5.74) is 1.02. The highest BCUT2D eigenvalue weighted by Crippen LogP contribution is 2.26. The van der Waals surface area contributed by atoms with Crippen LogP contribution in [0.3, 0.4) is 0 Å². The molecule has 0 fully saturated rings. The maximum absolute atomic E-state index is 12.8. The Morgan fingerprint density at radius 2 is 1.89 bits per heavy atom. The summed E-state index contributed by atoms with van der Waals surface area (Å²) in [6, 6.07) is 11.5. The summed E-state index contributed by atoms with van der Waals surface area (Å²) in [5.74, 6) is -0.189. The van der Waals surface area contributed by atoms with Crippen molar-refractivity contribution in [3.8, 4) is 5.75 Å².